The number of aliphatic hydroxyl groups excluding tert-OH is 1. The quantitative estimate of drug-likeness (QED) is 0.376. The number of H-pyrrole nitrogens is 1. The van der Waals surface area contributed by atoms with Crippen LogP contribution in [0.2, 0.25) is 0 Å². The molecule has 0 saturated heterocycles. The summed E-state index contributed by atoms with van der Waals surface area (Å²) >= 11 is 0. The number of hydrogen-bond acceptors (Lipinski definition) is 6. The van der Waals surface area contributed by atoms with E-state index in [1.165, 1.54) is 36.5 Å². The van der Waals surface area contributed by atoms with Crippen LogP contribution in [0.15, 0.2) is 42.6 Å². The van der Waals surface area contributed by atoms with Gasteiger partial charge in [-0.15, -0.1) is 0 Å². The fourth-order valence-corrected chi connectivity index (χ4v) is 5.20. The van der Waals surface area contributed by atoms with Crippen LogP contribution in [0.5, 0.6) is 11.5 Å². The van der Waals surface area contributed by atoms with Gasteiger partial charge in [-0.2, -0.15) is 5.10 Å². The molecule has 0 radical (unpaired) electrons. The first-order valence-corrected chi connectivity index (χ1v) is 11.7. The Morgan fingerprint density at radius 1 is 1.00 bits per heavy atom. The molecule has 0 aliphatic heterocycles. The molecule has 3 aliphatic carbocycles. The standard InChI is InChI=1S/C25H26F2N4O5/c26-15-1-3-16(4-2-15)35-14-23(34)30-25-7-5-24(6-8-25,11-21(25)32)29-22(33)13-36-17-9-19(27)18-12-28-31-20(18)10-17/h1-4,9-10,12,21,32H,5-8,11,13-14H2,(H,28,31)(H,29,33)(H,30,34)/t21-,24?,25?/m1/s1. The molecule has 1 heterocycles. The topological polar surface area (TPSA) is 126 Å². The van der Waals surface area contributed by atoms with E-state index in [9.17, 15) is 23.5 Å². The molecule has 11 heteroatoms. The van der Waals surface area contributed by atoms with Gasteiger partial charge in [0.05, 0.1) is 28.7 Å². The van der Waals surface area contributed by atoms with Gasteiger partial charge in [-0.1, -0.05) is 0 Å². The molecule has 6 rings (SSSR count). The van der Waals surface area contributed by atoms with Gasteiger partial charge in [0, 0.05) is 17.7 Å². The van der Waals surface area contributed by atoms with E-state index >= 15 is 0 Å². The van der Waals surface area contributed by atoms with Crippen LogP contribution in [0, 0.1) is 11.6 Å². The third kappa shape index (κ3) is 4.83. The minimum atomic E-state index is -0.854. The number of hydrogen-bond donors (Lipinski definition) is 4. The highest BCUT2D eigenvalue weighted by atomic mass is 19.1. The molecule has 2 bridgehead atoms. The van der Waals surface area contributed by atoms with E-state index < -0.39 is 28.8 Å². The normalized spacial score (nSPS) is 24.9. The zero-order valence-electron chi connectivity index (χ0n) is 19.4. The molecule has 3 aliphatic rings. The van der Waals surface area contributed by atoms with Gasteiger partial charge in [-0.3, -0.25) is 14.7 Å². The maximum Gasteiger partial charge on any atom is 0.258 e. The second-order valence-electron chi connectivity index (χ2n) is 9.52. The summed E-state index contributed by atoms with van der Waals surface area (Å²) in [7, 11) is 0. The predicted octanol–water partition coefficient (Wildman–Crippen LogP) is 2.35. The van der Waals surface area contributed by atoms with Crippen LogP contribution < -0.4 is 20.1 Å². The fraction of sp³-hybridized carbons (Fsp3) is 0.400. The van der Waals surface area contributed by atoms with E-state index in [1.54, 1.807) is 6.07 Å². The largest absolute Gasteiger partial charge is 0.484 e. The Balaban J connectivity index is 1.13. The fourth-order valence-electron chi connectivity index (χ4n) is 5.20. The molecule has 0 unspecified atom stereocenters. The highest BCUT2D eigenvalue weighted by Gasteiger charge is 2.55. The number of fused-ring (bicyclic) bond motifs is 4. The molecule has 3 fully saturated rings. The van der Waals surface area contributed by atoms with E-state index in [1.807, 2.05) is 0 Å². The Bertz CT molecular complexity index is 1270. The number of ether oxygens (including phenoxy) is 2. The van der Waals surface area contributed by atoms with Crippen molar-refractivity contribution in [1.29, 1.82) is 0 Å². The van der Waals surface area contributed by atoms with Crippen molar-refractivity contribution in [3.8, 4) is 11.5 Å². The minimum Gasteiger partial charge on any atom is -0.484 e. The summed E-state index contributed by atoms with van der Waals surface area (Å²) in [4.78, 5) is 25.1. The summed E-state index contributed by atoms with van der Waals surface area (Å²) in [6.07, 6.45) is 2.92. The Morgan fingerprint density at radius 2 is 1.67 bits per heavy atom. The lowest BCUT2D eigenvalue weighted by atomic mass is 9.60. The number of rotatable bonds is 8. The second kappa shape index (κ2) is 9.38. The number of aromatic nitrogens is 2. The van der Waals surface area contributed by atoms with Crippen LogP contribution in [0.25, 0.3) is 10.9 Å². The maximum atomic E-state index is 14.1. The van der Waals surface area contributed by atoms with Crippen LogP contribution in [0.1, 0.15) is 32.1 Å². The van der Waals surface area contributed by atoms with E-state index in [2.05, 4.69) is 20.8 Å². The van der Waals surface area contributed by atoms with Crippen LogP contribution in [-0.2, 0) is 9.59 Å². The third-order valence-corrected chi connectivity index (χ3v) is 7.15. The maximum absolute atomic E-state index is 14.1. The molecule has 3 aromatic rings. The summed E-state index contributed by atoms with van der Waals surface area (Å²) in [6, 6.07) is 8.12. The number of aliphatic hydroxyl groups is 1. The second-order valence-corrected chi connectivity index (χ2v) is 9.52. The molecule has 2 aromatic carbocycles. The van der Waals surface area contributed by atoms with Gasteiger partial charge >= 0.3 is 0 Å². The van der Waals surface area contributed by atoms with Crippen LogP contribution >= 0.6 is 0 Å². The summed E-state index contributed by atoms with van der Waals surface area (Å²) in [6.45, 7) is -0.566. The smallest absolute Gasteiger partial charge is 0.258 e. The third-order valence-electron chi connectivity index (χ3n) is 7.15. The highest BCUT2D eigenvalue weighted by molar-refractivity contribution is 5.81. The lowest BCUT2D eigenvalue weighted by Gasteiger charge is -2.56. The van der Waals surface area contributed by atoms with Crippen molar-refractivity contribution in [1.82, 2.24) is 20.8 Å². The monoisotopic (exact) mass is 500 g/mol. The van der Waals surface area contributed by atoms with E-state index in [0.717, 1.165) is 0 Å². The molecule has 9 nitrogen and oxygen atoms in total. The van der Waals surface area contributed by atoms with E-state index in [4.69, 9.17) is 9.47 Å². The molecular formula is C25H26F2N4O5. The summed E-state index contributed by atoms with van der Waals surface area (Å²) in [5, 5.41) is 23.6. The Kier molecular flexibility index (Phi) is 6.25. The van der Waals surface area contributed by atoms with Gasteiger partial charge in [0.15, 0.2) is 13.2 Å². The number of carbonyl (C=O) groups is 2. The first kappa shape index (κ1) is 24.0. The number of carbonyl (C=O) groups excluding carboxylic acids is 2. The molecule has 2 amide bonds. The number of nitrogens with one attached hydrogen (secondary N) is 3. The number of nitrogens with zero attached hydrogens (tertiary/aromatic N) is 1. The van der Waals surface area contributed by atoms with Crippen LogP contribution in [0.3, 0.4) is 0 Å². The minimum absolute atomic E-state index is 0.203. The zero-order chi connectivity index (χ0) is 25.3. The van der Waals surface area contributed by atoms with Crippen LogP contribution in [-0.4, -0.2) is 57.5 Å². The van der Waals surface area contributed by atoms with E-state index in [0.29, 0.717) is 42.3 Å². The van der Waals surface area contributed by atoms with Gasteiger partial charge in [0.1, 0.15) is 23.1 Å². The number of aromatic amines is 1. The Hall–Kier alpha value is -3.73. The first-order chi connectivity index (χ1) is 17.3. The van der Waals surface area contributed by atoms with Crippen molar-refractivity contribution in [2.24, 2.45) is 0 Å². The van der Waals surface area contributed by atoms with Crippen molar-refractivity contribution in [3.05, 3.63) is 54.2 Å². The molecule has 1 atom stereocenters. The van der Waals surface area contributed by atoms with Gasteiger partial charge in [-0.25, -0.2) is 8.78 Å². The van der Waals surface area contributed by atoms with Crippen molar-refractivity contribution < 1.29 is 33.0 Å². The van der Waals surface area contributed by atoms with E-state index in [-0.39, 0.29) is 37.2 Å². The average Bonchev–Trinajstić information content (AvgIpc) is 3.33. The van der Waals surface area contributed by atoms with Crippen LogP contribution in [0.4, 0.5) is 8.78 Å². The summed E-state index contributed by atoms with van der Waals surface area (Å²) < 4.78 is 38.0. The molecule has 4 N–H and O–H groups in total. The number of halogens is 2. The summed E-state index contributed by atoms with van der Waals surface area (Å²) in [5.41, 5.74) is -0.924. The lowest BCUT2D eigenvalue weighted by molar-refractivity contribution is -0.137. The van der Waals surface area contributed by atoms with Gasteiger partial charge in [0.25, 0.3) is 11.8 Å². The average molecular weight is 501 g/mol. The van der Waals surface area contributed by atoms with Crippen molar-refractivity contribution >= 4 is 22.7 Å². The molecule has 3 saturated carbocycles. The highest BCUT2D eigenvalue weighted by Crippen LogP contribution is 2.47. The Labute approximate surface area is 205 Å². The number of benzene rings is 2. The molecular weight excluding hydrogens is 474 g/mol. The van der Waals surface area contributed by atoms with Gasteiger partial charge < -0.3 is 25.2 Å². The molecule has 1 aromatic heterocycles. The first-order valence-electron chi connectivity index (χ1n) is 11.7. The molecule has 36 heavy (non-hydrogen) atoms. The van der Waals surface area contributed by atoms with Crippen molar-refractivity contribution in [2.75, 3.05) is 13.2 Å². The molecule has 190 valence electrons. The zero-order valence-corrected chi connectivity index (χ0v) is 19.4. The van der Waals surface area contributed by atoms with Crippen molar-refractivity contribution in [3.63, 3.8) is 0 Å². The lowest BCUT2D eigenvalue weighted by Crippen LogP contribution is -2.70. The predicted molar refractivity (Wildman–Crippen MR) is 124 cm³/mol. The molecule has 0 spiro atoms. The SMILES string of the molecule is O=C(COc1cc(F)c2cn[nH]c2c1)NC12CCC(NC(=O)COc3ccc(F)cc3)(CC1)[C@H](O)C2. The van der Waals surface area contributed by atoms with Gasteiger partial charge in [0.2, 0.25) is 0 Å². The van der Waals surface area contributed by atoms with Gasteiger partial charge in [-0.05, 0) is 56.4 Å². The summed E-state index contributed by atoms with van der Waals surface area (Å²) in [5.74, 6) is -1.09. The number of amides is 2. The Morgan fingerprint density at radius 3 is 2.36 bits per heavy atom. The van der Waals surface area contributed by atoms with Crippen molar-refractivity contribution in [2.45, 2.75) is 49.3 Å².